The zero-order valence-corrected chi connectivity index (χ0v) is 13.6. The van der Waals surface area contributed by atoms with Crippen LogP contribution in [0.15, 0.2) is 48.5 Å². The molecule has 22 heavy (non-hydrogen) atoms. The molecule has 0 bridgehead atoms. The second-order valence-electron chi connectivity index (χ2n) is 4.35. The second-order valence-corrected chi connectivity index (χ2v) is 4.35. The predicted molar refractivity (Wildman–Crippen MR) is 85.5 cm³/mol. The molecule has 0 aliphatic rings. The third-order valence-corrected chi connectivity index (χ3v) is 2.81. The third-order valence-electron chi connectivity index (χ3n) is 2.81. The molecular formula is C17H21ClN2O2. The van der Waals surface area contributed by atoms with Gasteiger partial charge in [-0.1, -0.05) is 0 Å². The Balaban J connectivity index is 0.00000242. The summed E-state index contributed by atoms with van der Waals surface area (Å²) in [6.45, 7) is 5.30. The van der Waals surface area contributed by atoms with E-state index >= 15 is 0 Å². The molecule has 0 fully saturated rings. The lowest BCUT2D eigenvalue weighted by molar-refractivity contribution is -0.347. The van der Waals surface area contributed by atoms with Crippen molar-refractivity contribution < 1.29 is 26.9 Å². The molecule has 0 atom stereocenters. The van der Waals surface area contributed by atoms with Gasteiger partial charge < -0.3 is 21.9 Å². The fourth-order valence-corrected chi connectivity index (χ4v) is 1.83. The van der Waals surface area contributed by atoms with Gasteiger partial charge in [-0.3, -0.25) is 0 Å². The third kappa shape index (κ3) is 5.66. The van der Waals surface area contributed by atoms with Crippen molar-refractivity contribution in [3.63, 3.8) is 0 Å². The van der Waals surface area contributed by atoms with E-state index in [1.807, 2.05) is 62.4 Å². The van der Waals surface area contributed by atoms with Crippen LogP contribution in [0, 0.1) is 0 Å². The van der Waals surface area contributed by atoms with Crippen LogP contribution in [0.2, 0.25) is 0 Å². The van der Waals surface area contributed by atoms with Crippen LogP contribution < -0.4 is 32.2 Å². The van der Waals surface area contributed by atoms with Gasteiger partial charge in [0.1, 0.15) is 22.9 Å². The average molecular weight is 321 g/mol. The van der Waals surface area contributed by atoms with E-state index in [1.165, 1.54) is 0 Å². The molecule has 0 aliphatic carbocycles. The number of halogens is 1. The monoisotopic (exact) mass is 320 g/mol. The molecule has 2 aromatic rings. The molecule has 0 spiro atoms. The highest BCUT2D eigenvalue weighted by Gasteiger charge is 1.97. The summed E-state index contributed by atoms with van der Waals surface area (Å²) in [5.41, 5.74) is 1.99. The Morgan fingerprint density at radius 1 is 0.864 bits per heavy atom. The Morgan fingerprint density at radius 3 is 1.86 bits per heavy atom. The maximum atomic E-state index is 5.40. The van der Waals surface area contributed by atoms with Crippen molar-refractivity contribution in [2.75, 3.05) is 18.5 Å². The number of rotatable bonds is 7. The van der Waals surface area contributed by atoms with Gasteiger partial charge >= 0.3 is 0 Å². The van der Waals surface area contributed by atoms with E-state index < -0.39 is 0 Å². The summed E-state index contributed by atoms with van der Waals surface area (Å²) in [7, 11) is 0. The van der Waals surface area contributed by atoms with Gasteiger partial charge in [-0.25, -0.2) is 10.3 Å². The van der Waals surface area contributed by atoms with Crippen LogP contribution in [0.25, 0.3) is 0 Å². The van der Waals surface area contributed by atoms with Gasteiger partial charge in [0.15, 0.2) is 0 Å². The maximum Gasteiger partial charge on any atom is 0.240 e. The molecule has 0 aliphatic heterocycles. The van der Waals surface area contributed by atoms with Crippen LogP contribution >= 0.6 is 0 Å². The molecule has 2 aromatic carbocycles. The summed E-state index contributed by atoms with van der Waals surface area (Å²) in [6, 6.07) is 15.7. The van der Waals surface area contributed by atoms with Crippen molar-refractivity contribution >= 4 is 17.7 Å². The zero-order valence-electron chi connectivity index (χ0n) is 12.8. The Hall–Kier alpha value is -2.20. The molecule has 0 aromatic heterocycles. The molecule has 0 amide bonds. The standard InChI is InChI=1S/C17H20N2O2.ClH/c1-3-20-16-9-5-14(6-10-16)18-13-19-15-7-11-17(12-8-15)21-4-2;/h5-13H,3-4H2,1-2H3,(H,18,19);1H. The Kier molecular flexibility index (Phi) is 7.86. The van der Waals surface area contributed by atoms with Crippen molar-refractivity contribution in [3.8, 4) is 11.5 Å². The van der Waals surface area contributed by atoms with Gasteiger partial charge in [-0.05, 0) is 62.4 Å². The summed E-state index contributed by atoms with van der Waals surface area (Å²) in [5.74, 6) is 1.75. The Morgan fingerprint density at radius 2 is 1.36 bits per heavy atom. The van der Waals surface area contributed by atoms with Crippen LogP contribution in [0.1, 0.15) is 13.8 Å². The molecule has 0 saturated heterocycles. The molecular weight excluding hydrogens is 300 g/mol. The summed E-state index contributed by atoms with van der Waals surface area (Å²) in [6.07, 6.45) is 1.80. The molecule has 118 valence electrons. The van der Waals surface area contributed by atoms with Crippen molar-refractivity contribution in [1.29, 1.82) is 0 Å². The van der Waals surface area contributed by atoms with Crippen molar-refractivity contribution in [2.24, 2.45) is 0 Å². The lowest BCUT2D eigenvalue weighted by Crippen LogP contribution is -3.00. The summed E-state index contributed by atoms with van der Waals surface area (Å²) < 4.78 is 10.8. The SMILES string of the molecule is CCOc1ccc(NC=[NH+]c2ccc(OCC)cc2)cc1.[Cl-]. The number of anilines is 1. The summed E-state index contributed by atoms with van der Waals surface area (Å²) in [5, 5.41) is 3.18. The van der Waals surface area contributed by atoms with E-state index in [2.05, 4.69) is 10.3 Å². The smallest absolute Gasteiger partial charge is 0.240 e. The second kappa shape index (κ2) is 9.68. The largest absolute Gasteiger partial charge is 1.00 e. The number of benzene rings is 2. The van der Waals surface area contributed by atoms with E-state index in [4.69, 9.17) is 9.47 Å². The average Bonchev–Trinajstić information content (AvgIpc) is 2.51. The molecule has 2 rings (SSSR count). The van der Waals surface area contributed by atoms with Gasteiger partial charge in [0.25, 0.3) is 0 Å². The molecule has 0 unspecified atom stereocenters. The molecule has 0 heterocycles. The predicted octanol–water partition coefficient (Wildman–Crippen LogP) is -0.659. The minimum absolute atomic E-state index is 0. The van der Waals surface area contributed by atoms with E-state index in [0.29, 0.717) is 13.2 Å². The van der Waals surface area contributed by atoms with E-state index in [-0.39, 0.29) is 12.4 Å². The van der Waals surface area contributed by atoms with Crippen LogP contribution in [0.3, 0.4) is 0 Å². The molecule has 0 saturated carbocycles. The topological polar surface area (TPSA) is 44.5 Å². The number of hydrogen-bond acceptors (Lipinski definition) is 2. The van der Waals surface area contributed by atoms with Crippen LogP contribution in [0.5, 0.6) is 11.5 Å². The lowest BCUT2D eigenvalue weighted by atomic mass is 10.3. The van der Waals surface area contributed by atoms with E-state index in [0.717, 1.165) is 22.9 Å². The quantitative estimate of drug-likeness (QED) is 0.526. The van der Waals surface area contributed by atoms with Crippen LogP contribution in [0.4, 0.5) is 11.4 Å². The van der Waals surface area contributed by atoms with Gasteiger partial charge in [0, 0.05) is 0 Å². The van der Waals surface area contributed by atoms with Gasteiger partial charge in [0.05, 0.1) is 13.2 Å². The highest BCUT2D eigenvalue weighted by Crippen LogP contribution is 2.15. The van der Waals surface area contributed by atoms with Crippen LogP contribution in [-0.4, -0.2) is 19.6 Å². The van der Waals surface area contributed by atoms with Gasteiger partial charge in [-0.2, -0.15) is 0 Å². The first-order valence-electron chi connectivity index (χ1n) is 7.12. The minimum Gasteiger partial charge on any atom is -1.00 e. The molecule has 4 nitrogen and oxygen atoms in total. The molecule has 5 heteroatoms. The molecule has 2 N–H and O–H groups in total. The maximum absolute atomic E-state index is 5.40. The van der Waals surface area contributed by atoms with Crippen molar-refractivity contribution in [3.05, 3.63) is 48.5 Å². The molecule has 0 radical (unpaired) electrons. The first kappa shape index (κ1) is 17.9. The fraction of sp³-hybridized carbons (Fsp3) is 0.235. The summed E-state index contributed by atoms with van der Waals surface area (Å²) in [4.78, 5) is 3.18. The number of hydrogen-bond donors (Lipinski definition) is 2. The van der Waals surface area contributed by atoms with Crippen molar-refractivity contribution in [1.82, 2.24) is 0 Å². The Labute approximate surface area is 137 Å². The Bertz CT molecular complexity index is 568. The van der Waals surface area contributed by atoms with Gasteiger partial charge in [-0.15, -0.1) is 0 Å². The number of ether oxygens (including phenoxy) is 2. The normalized spacial score (nSPS) is 10.1. The van der Waals surface area contributed by atoms with E-state index in [1.54, 1.807) is 6.34 Å². The lowest BCUT2D eigenvalue weighted by Gasteiger charge is -2.02. The number of nitrogens with one attached hydrogen (secondary N) is 2. The first-order chi connectivity index (χ1) is 10.3. The first-order valence-corrected chi connectivity index (χ1v) is 7.12. The van der Waals surface area contributed by atoms with E-state index in [9.17, 15) is 0 Å². The van der Waals surface area contributed by atoms with Gasteiger partial charge in [0.2, 0.25) is 6.34 Å². The fourth-order valence-electron chi connectivity index (χ4n) is 1.83. The minimum atomic E-state index is 0. The van der Waals surface area contributed by atoms with Crippen LogP contribution in [-0.2, 0) is 0 Å². The summed E-state index contributed by atoms with van der Waals surface area (Å²) >= 11 is 0. The van der Waals surface area contributed by atoms with Crippen molar-refractivity contribution in [2.45, 2.75) is 13.8 Å². The highest BCUT2D eigenvalue weighted by molar-refractivity contribution is 5.72. The highest BCUT2D eigenvalue weighted by atomic mass is 35.5. The zero-order chi connectivity index (χ0) is 14.9.